The fourth-order valence-electron chi connectivity index (χ4n) is 2.19. The number of hydrogen-bond donors (Lipinski definition) is 2. The Hall–Kier alpha value is -3.26. The minimum atomic E-state index is -1.13. The molecule has 146 valence electrons. The standard InChI is InChI=1S/C19H16ClF2N3O3/c1-10(23)17(18(24)25-11-6-7-14(21)15(22)8-11)19(27)28-9-16(26)12-4-2-3-5-13(12)20/h2-8H,9,23H2,1H3,(H2,24,25). The molecule has 0 radical (unpaired) electrons. The maximum absolute atomic E-state index is 13.3. The summed E-state index contributed by atoms with van der Waals surface area (Å²) in [5, 5.41) is 0.216. The molecule has 0 fully saturated rings. The van der Waals surface area contributed by atoms with Gasteiger partial charge in [-0.1, -0.05) is 23.7 Å². The lowest BCUT2D eigenvalue weighted by Gasteiger charge is -2.10. The van der Waals surface area contributed by atoms with E-state index in [1.165, 1.54) is 25.1 Å². The van der Waals surface area contributed by atoms with Crippen LogP contribution in [0.1, 0.15) is 17.3 Å². The monoisotopic (exact) mass is 407 g/mol. The number of esters is 1. The Bertz CT molecular complexity index is 986. The first kappa shape index (κ1) is 21.0. The van der Waals surface area contributed by atoms with Crippen molar-refractivity contribution in [2.24, 2.45) is 16.5 Å². The van der Waals surface area contributed by atoms with Crippen LogP contribution < -0.4 is 11.5 Å². The van der Waals surface area contributed by atoms with Crippen LogP contribution in [0.2, 0.25) is 5.02 Å². The SMILES string of the molecule is CC(N)=C(C(=O)OCC(=O)c1ccccc1Cl)C(N)=Nc1ccc(F)c(F)c1. The van der Waals surface area contributed by atoms with Gasteiger partial charge < -0.3 is 16.2 Å². The number of hydrogen-bond acceptors (Lipinski definition) is 5. The number of benzene rings is 2. The van der Waals surface area contributed by atoms with Crippen molar-refractivity contribution in [2.75, 3.05) is 6.61 Å². The molecule has 2 aromatic rings. The van der Waals surface area contributed by atoms with Crippen molar-refractivity contribution in [3.63, 3.8) is 0 Å². The summed E-state index contributed by atoms with van der Waals surface area (Å²) in [6, 6.07) is 9.11. The number of aliphatic imine (C=N–C) groups is 1. The summed E-state index contributed by atoms with van der Waals surface area (Å²) in [4.78, 5) is 28.3. The number of nitrogens with zero attached hydrogens (tertiary/aromatic N) is 1. The molecule has 9 heteroatoms. The zero-order valence-electron chi connectivity index (χ0n) is 14.7. The quantitative estimate of drug-likeness (QED) is 0.251. The molecule has 28 heavy (non-hydrogen) atoms. The third-order valence-corrected chi connectivity index (χ3v) is 3.85. The molecule has 2 aromatic carbocycles. The fraction of sp³-hybridized carbons (Fsp3) is 0.105. The molecule has 4 N–H and O–H groups in total. The Balaban J connectivity index is 2.17. The average molecular weight is 408 g/mol. The maximum Gasteiger partial charge on any atom is 0.344 e. The van der Waals surface area contributed by atoms with E-state index in [1.807, 2.05) is 0 Å². The van der Waals surface area contributed by atoms with Gasteiger partial charge in [0.25, 0.3) is 0 Å². The molecular formula is C19H16ClF2N3O3. The molecule has 0 saturated carbocycles. The van der Waals surface area contributed by atoms with Crippen molar-refractivity contribution in [1.82, 2.24) is 0 Å². The van der Waals surface area contributed by atoms with E-state index < -0.39 is 30.0 Å². The molecular weight excluding hydrogens is 392 g/mol. The number of amidine groups is 1. The van der Waals surface area contributed by atoms with Gasteiger partial charge in [0.05, 0.1) is 10.7 Å². The molecule has 0 aliphatic rings. The molecule has 2 rings (SSSR count). The minimum Gasteiger partial charge on any atom is -0.454 e. The van der Waals surface area contributed by atoms with E-state index in [0.717, 1.165) is 12.1 Å². The number of halogens is 3. The van der Waals surface area contributed by atoms with Crippen molar-refractivity contribution in [3.05, 3.63) is 76.0 Å². The van der Waals surface area contributed by atoms with E-state index in [4.69, 9.17) is 27.8 Å². The maximum atomic E-state index is 13.3. The van der Waals surface area contributed by atoms with Crippen molar-refractivity contribution < 1.29 is 23.1 Å². The highest BCUT2D eigenvalue weighted by Crippen LogP contribution is 2.18. The topological polar surface area (TPSA) is 108 Å². The Labute approximate surface area is 164 Å². The van der Waals surface area contributed by atoms with E-state index in [1.54, 1.807) is 12.1 Å². The molecule has 0 saturated heterocycles. The van der Waals surface area contributed by atoms with Crippen LogP contribution in [0, 0.1) is 11.6 Å². The largest absolute Gasteiger partial charge is 0.454 e. The Morgan fingerprint density at radius 2 is 1.79 bits per heavy atom. The number of nitrogens with two attached hydrogens (primary N) is 2. The van der Waals surface area contributed by atoms with Gasteiger partial charge in [0, 0.05) is 17.3 Å². The van der Waals surface area contributed by atoms with E-state index in [-0.39, 0.29) is 33.4 Å². The van der Waals surface area contributed by atoms with Crippen molar-refractivity contribution in [3.8, 4) is 0 Å². The predicted octanol–water partition coefficient (Wildman–Crippen LogP) is 3.27. The summed E-state index contributed by atoms with van der Waals surface area (Å²) in [6.07, 6.45) is 0. The van der Waals surface area contributed by atoms with E-state index in [9.17, 15) is 18.4 Å². The summed E-state index contributed by atoms with van der Waals surface area (Å²) in [5.41, 5.74) is 11.3. The van der Waals surface area contributed by atoms with Crippen LogP contribution in [-0.2, 0) is 9.53 Å². The summed E-state index contributed by atoms with van der Waals surface area (Å²) in [6.45, 7) is 0.776. The second-order valence-corrected chi connectivity index (χ2v) is 6.04. The number of allylic oxidation sites excluding steroid dienone is 1. The highest BCUT2D eigenvalue weighted by atomic mass is 35.5. The smallest absolute Gasteiger partial charge is 0.344 e. The zero-order valence-corrected chi connectivity index (χ0v) is 15.5. The Morgan fingerprint density at radius 1 is 1.11 bits per heavy atom. The van der Waals surface area contributed by atoms with Crippen LogP contribution in [0.3, 0.4) is 0 Å². The van der Waals surface area contributed by atoms with Crippen LogP contribution in [0.5, 0.6) is 0 Å². The van der Waals surface area contributed by atoms with Gasteiger partial charge >= 0.3 is 5.97 Å². The second kappa shape index (κ2) is 9.09. The Kier molecular flexibility index (Phi) is 6.84. The third kappa shape index (κ3) is 5.14. The van der Waals surface area contributed by atoms with E-state index >= 15 is 0 Å². The molecule has 0 amide bonds. The highest BCUT2D eigenvalue weighted by Gasteiger charge is 2.20. The van der Waals surface area contributed by atoms with Gasteiger partial charge in [-0.3, -0.25) is 4.79 Å². The molecule has 0 unspecified atom stereocenters. The fourth-order valence-corrected chi connectivity index (χ4v) is 2.43. The van der Waals surface area contributed by atoms with Crippen LogP contribution in [-0.4, -0.2) is 24.2 Å². The average Bonchev–Trinajstić information content (AvgIpc) is 2.63. The first-order chi connectivity index (χ1) is 13.2. The summed E-state index contributed by atoms with van der Waals surface area (Å²) in [7, 11) is 0. The van der Waals surface area contributed by atoms with Gasteiger partial charge in [0.2, 0.25) is 5.78 Å². The van der Waals surface area contributed by atoms with Crippen LogP contribution >= 0.6 is 11.6 Å². The lowest BCUT2D eigenvalue weighted by Crippen LogP contribution is -2.27. The lowest BCUT2D eigenvalue weighted by molar-refractivity contribution is -0.137. The molecule has 6 nitrogen and oxygen atoms in total. The summed E-state index contributed by atoms with van der Waals surface area (Å²) < 4.78 is 31.2. The zero-order chi connectivity index (χ0) is 20.8. The Morgan fingerprint density at radius 3 is 2.39 bits per heavy atom. The van der Waals surface area contributed by atoms with Gasteiger partial charge in [-0.05, 0) is 31.2 Å². The van der Waals surface area contributed by atoms with Crippen LogP contribution in [0.4, 0.5) is 14.5 Å². The van der Waals surface area contributed by atoms with Gasteiger partial charge in [0.15, 0.2) is 18.2 Å². The normalized spacial score (nSPS) is 12.4. The molecule has 0 heterocycles. The lowest BCUT2D eigenvalue weighted by atomic mass is 10.1. The molecule has 0 bridgehead atoms. The van der Waals surface area contributed by atoms with Gasteiger partial charge in [-0.25, -0.2) is 18.6 Å². The van der Waals surface area contributed by atoms with E-state index in [2.05, 4.69) is 4.99 Å². The van der Waals surface area contributed by atoms with Crippen molar-refractivity contribution >= 4 is 34.9 Å². The molecule has 0 aromatic heterocycles. The van der Waals surface area contributed by atoms with Crippen molar-refractivity contribution in [1.29, 1.82) is 0 Å². The number of carbonyl (C=O) groups is 2. The first-order valence-corrected chi connectivity index (χ1v) is 8.29. The molecule has 0 aliphatic carbocycles. The van der Waals surface area contributed by atoms with Gasteiger partial charge in [-0.2, -0.15) is 0 Å². The molecule has 0 aliphatic heterocycles. The van der Waals surface area contributed by atoms with Crippen LogP contribution in [0.15, 0.2) is 58.7 Å². The number of ether oxygens (including phenoxy) is 1. The summed E-state index contributed by atoms with van der Waals surface area (Å²) >= 11 is 5.92. The third-order valence-electron chi connectivity index (χ3n) is 3.52. The predicted molar refractivity (Wildman–Crippen MR) is 101 cm³/mol. The number of carbonyl (C=O) groups excluding carboxylic acids is 2. The number of Topliss-reactive ketones (excluding diaryl/α,β-unsaturated/α-hetero) is 1. The van der Waals surface area contributed by atoms with Crippen molar-refractivity contribution in [2.45, 2.75) is 6.92 Å². The molecule has 0 spiro atoms. The first-order valence-electron chi connectivity index (χ1n) is 7.91. The minimum absolute atomic E-state index is 0.0287. The van der Waals surface area contributed by atoms with Gasteiger partial charge in [0.1, 0.15) is 11.4 Å². The summed E-state index contributed by atoms with van der Waals surface area (Å²) in [5.74, 6) is -4.08. The number of rotatable bonds is 6. The highest BCUT2D eigenvalue weighted by molar-refractivity contribution is 6.34. The molecule has 0 atom stereocenters. The van der Waals surface area contributed by atoms with Crippen LogP contribution in [0.25, 0.3) is 0 Å². The van der Waals surface area contributed by atoms with Gasteiger partial charge in [-0.15, -0.1) is 0 Å². The number of ketones is 1. The second-order valence-electron chi connectivity index (χ2n) is 5.63. The van der Waals surface area contributed by atoms with E-state index in [0.29, 0.717) is 0 Å².